The fourth-order valence-corrected chi connectivity index (χ4v) is 4.32. The molecule has 0 aliphatic heterocycles. The zero-order valence-electron chi connectivity index (χ0n) is 14.9. The summed E-state index contributed by atoms with van der Waals surface area (Å²) >= 11 is 0. The lowest BCUT2D eigenvalue weighted by molar-refractivity contribution is 0.992. The molecule has 25 heavy (non-hydrogen) atoms. The summed E-state index contributed by atoms with van der Waals surface area (Å²) in [6.45, 7) is 8.52. The van der Waals surface area contributed by atoms with E-state index in [0.717, 1.165) is 25.7 Å². The Labute approximate surface area is 152 Å². The van der Waals surface area contributed by atoms with Gasteiger partial charge in [-0.2, -0.15) is 10.9 Å². The third-order valence-electron chi connectivity index (χ3n) is 5.48. The third kappa shape index (κ3) is 3.32. The zero-order chi connectivity index (χ0) is 17.5. The third-order valence-corrected chi connectivity index (χ3v) is 5.48. The van der Waals surface area contributed by atoms with Crippen molar-refractivity contribution >= 4 is 17.1 Å². The van der Waals surface area contributed by atoms with Crippen molar-refractivity contribution in [1.82, 2.24) is 0 Å². The Bertz CT molecular complexity index is 742. The van der Waals surface area contributed by atoms with E-state index in [1.807, 2.05) is 6.08 Å². The van der Waals surface area contributed by atoms with Gasteiger partial charge in [0.1, 0.15) is 0 Å². The van der Waals surface area contributed by atoms with Crippen molar-refractivity contribution in [2.75, 3.05) is 0 Å². The van der Waals surface area contributed by atoms with Gasteiger partial charge in [-0.05, 0) is 12.8 Å². The molecule has 2 aromatic rings. The predicted octanol–water partition coefficient (Wildman–Crippen LogP) is 5.13. The van der Waals surface area contributed by atoms with Gasteiger partial charge in [-0.25, -0.2) is 10.9 Å². The van der Waals surface area contributed by atoms with Crippen LogP contribution in [0.15, 0.2) is 109 Å². The molecule has 0 amide bonds. The van der Waals surface area contributed by atoms with Gasteiger partial charge in [-0.15, -0.1) is 19.2 Å². The highest BCUT2D eigenvalue weighted by Crippen LogP contribution is 2.31. The van der Waals surface area contributed by atoms with Gasteiger partial charge in [-0.3, -0.25) is 0 Å². The fourth-order valence-electron chi connectivity index (χ4n) is 4.32. The fraction of sp³-hybridized carbons (Fsp3) is 0.167. The van der Waals surface area contributed by atoms with Gasteiger partial charge in [0.05, 0.1) is 6.15 Å². The van der Waals surface area contributed by atoms with Crippen molar-refractivity contribution in [2.45, 2.75) is 25.7 Å². The lowest BCUT2D eigenvalue weighted by Crippen LogP contribution is -2.62. The number of hydrogen-bond acceptors (Lipinski definition) is 0. The molecule has 2 aromatic carbocycles. The van der Waals surface area contributed by atoms with E-state index in [0.29, 0.717) is 0 Å². The maximum atomic E-state index is 4.61. The zero-order valence-corrected chi connectivity index (χ0v) is 14.9. The normalized spacial score (nSPS) is 14.0. The van der Waals surface area contributed by atoms with Gasteiger partial charge >= 0.3 is 0 Å². The Morgan fingerprint density at radius 3 is 2.04 bits per heavy atom. The smallest absolute Gasteiger partial charge is 0.0986 e. The van der Waals surface area contributed by atoms with Crippen molar-refractivity contribution in [1.29, 1.82) is 0 Å². The van der Waals surface area contributed by atoms with Gasteiger partial charge in [0.2, 0.25) is 0 Å². The lowest BCUT2D eigenvalue weighted by Gasteiger charge is -2.48. The summed E-state index contributed by atoms with van der Waals surface area (Å²) in [6.07, 6.45) is 11.8. The van der Waals surface area contributed by atoms with Crippen LogP contribution < -0.4 is 10.9 Å². The Balaban J connectivity index is 2.27. The minimum Gasteiger partial charge on any atom is -0.224 e. The van der Waals surface area contributed by atoms with Crippen LogP contribution in [0.2, 0.25) is 0 Å². The van der Waals surface area contributed by atoms with E-state index >= 15 is 0 Å². The second-order valence-corrected chi connectivity index (χ2v) is 6.88. The number of allylic oxidation sites excluding steroid dienone is 6. The second-order valence-electron chi connectivity index (χ2n) is 6.88. The largest absolute Gasteiger partial charge is 0.224 e. The molecule has 0 unspecified atom stereocenters. The summed E-state index contributed by atoms with van der Waals surface area (Å²) in [7, 11) is 0. The SMILES string of the molecule is C=CCCC(=C)[B-](C1=CC=CCC1)(c1ccccc1)c1ccccc1. The van der Waals surface area contributed by atoms with Crippen molar-refractivity contribution in [3.63, 3.8) is 0 Å². The summed E-state index contributed by atoms with van der Waals surface area (Å²) < 4.78 is 0. The van der Waals surface area contributed by atoms with E-state index in [4.69, 9.17) is 0 Å². The summed E-state index contributed by atoms with van der Waals surface area (Å²) in [5.41, 5.74) is 5.53. The first kappa shape index (κ1) is 17.3. The molecule has 1 heteroatoms. The monoisotopic (exact) mass is 325 g/mol. The van der Waals surface area contributed by atoms with E-state index in [9.17, 15) is 0 Å². The molecule has 1 aliphatic carbocycles. The molecule has 0 aromatic heterocycles. The van der Waals surface area contributed by atoms with Crippen LogP contribution in [0.1, 0.15) is 25.7 Å². The first-order chi connectivity index (χ1) is 12.3. The summed E-state index contributed by atoms with van der Waals surface area (Å²) in [5.74, 6) is 0. The summed E-state index contributed by atoms with van der Waals surface area (Å²) in [6, 6.07) is 21.9. The minimum atomic E-state index is -1.15. The first-order valence-corrected chi connectivity index (χ1v) is 9.22. The van der Waals surface area contributed by atoms with Gasteiger partial charge in [0.15, 0.2) is 0 Å². The Morgan fingerprint density at radius 1 is 0.960 bits per heavy atom. The Morgan fingerprint density at radius 2 is 1.56 bits per heavy atom. The molecule has 0 nitrogen and oxygen atoms in total. The van der Waals surface area contributed by atoms with Crippen LogP contribution in [0.4, 0.5) is 0 Å². The van der Waals surface area contributed by atoms with Crippen LogP contribution in [0.5, 0.6) is 0 Å². The van der Waals surface area contributed by atoms with Crippen LogP contribution in [0, 0.1) is 0 Å². The number of benzene rings is 2. The number of hydrogen-bond donors (Lipinski definition) is 0. The maximum absolute atomic E-state index is 4.61. The molecule has 0 heterocycles. The van der Waals surface area contributed by atoms with Crippen LogP contribution in [0.3, 0.4) is 0 Å². The van der Waals surface area contributed by atoms with Crippen molar-refractivity contribution in [3.05, 3.63) is 109 Å². The molecule has 0 spiro atoms. The standard InChI is InChI=1S/C24H26B/c1-3-4-14-21(2)25(22-15-8-5-9-16-22,23-17-10-6-11-18-23)24-19-12-7-13-20-24/h3,5-12,15-19H,1-2,4,13-14,20H2/q-1. The van der Waals surface area contributed by atoms with Crippen molar-refractivity contribution < 1.29 is 0 Å². The van der Waals surface area contributed by atoms with Crippen molar-refractivity contribution in [2.24, 2.45) is 0 Å². The highest BCUT2D eigenvalue weighted by atomic mass is 14.1. The quantitative estimate of drug-likeness (QED) is 0.489. The topological polar surface area (TPSA) is 0 Å². The molecule has 0 saturated carbocycles. The molecule has 126 valence electrons. The molecule has 0 radical (unpaired) electrons. The van der Waals surface area contributed by atoms with Crippen LogP contribution in [0.25, 0.3) is 0 Å². The molecular formula is C24H26B-. The van der Waals surface area contributed by atoms with Gasteiger partial charge in [0, 0.05) is 0 Å². The average molecular weight is 325 g/mol. The highest BCUT2D eigenvalue weighted by molar-refractivity contribution is 7.12. The van der Waals surface area contributed by atoms with E-state index in [1.165, 1.54) is 21.9 Å². The van der Waals surface area contributed by atoms with E-state index < -0.39 is 6.15 Å². The molecule has 0 fully saturated rings. The Kier molecular flexibility index (Phi) is 5.55. The summed E-state index contributed by atoms with van der Waals surface area (Å²) in [5, 5.41) is 0. The van der Waals surface area contributed by atoms with E-state index in [2.05, 4.69) is 92.0 Å². The predicted molar refractivity (Wildman–Crippen MR) is 113 cm³/mol. The van der Waals surface area contributed by atoms with E-state index in [-0.39, 0.29) is 0 Å². The minimum absolute atomic E-state index is 0.963. The van der Waals surface area contributed by atoms with Gasteiger partial charge < -0.3 is 0 Å². The van der Waals surface area contributed by atoms with Crippen molar-refractivity contribution in [3.8, 4) is 0 Å². The number of rotatable bonds is 7. The van der Waals surface area contributed by atoms with Gasteiger partial charge in [0.25, 0.3) is 0 Å². The van der Waals surface area contributed by atoms with Crippen LogP contribution >= 0.6 is 0 Å². The van der Waals surface area contributed by atoms with Gasteiger partial charge in [-0.1, -0.05) is 91.7 Å². The second kappa shape index (κ2) is 8.03. The van der Waals surface area contributed by atoms with Crippen LogP contribution in [-0.2, 0) is 0 Å². The summed E-state index contributed by atoms with van der Waals surface area (Å²) in [4.78, 5) is 0. The molecular weight excluding hydrogens is 299 g/mol. The first-order valence-electron chi connectivity index (χ1n) is 9.22. The molecule has 1 aliphatic rings. The molecule has 0 bridgehead atoms. The molecule has 0 atom stereocenters. The lowest BCUT2D eigenvalue weighted by atomic mass is 9.11. The molecule has 0 N–H and O–H groups in total. The van der Waals surface area contributed by atoms with Crippen LogP contribution in [-0.4, -0.2) is 6.15 Å². The molecule has 0 saturated heterocycles. The Hall–Kier alpha value is -2.54. The average Bonchev–Trinajstić information content (AvgIpc) is 2.69. The maximum Gasteiger partial charge on any atom is 0.0986 e. The highest BCUT2D eigenvalue weighted by Gasteiger charge is 2.33. The molecule has 3 rings (SSSR count). The van der Waals surface area contributed by atoms with E-state index in [1.54, 1.807) is 0 Å².